The van der Waals surface area contributed by atoms with Gasteiger partial charge in [0.05, 0.1) is 20.8 Å². The summed E-state index contributed by atoms with van der Waals surface area (Å²) in [7, 11) is 2.80. The van der Waals surface area contributed by atoms with E-state index in [1.54, 1.807) is 31.2 Å². The number of phenolic OH excluding ortho intramolecular Hbond substituents is 1. The van der Waals surface area contributed by atoms with E-state index in [0.717, 1.165) is 0 Å². The van der Waals surface area contributed by atoms with Gasteiger partial charge in [-0.2, -0.15) is 0 Å². The standard InChI is InChI=1S/C22H24O8/c1-4-29-22(26)21(20(25)15-8-9-16(24)18(13-15)27-2)30-17-10-7-14(6-5-11-23)12-19(17)28-3/h5-13,20-21,24-25H,4H2,1-3H3/b6-5+/t20-,21-/m0/s1. The third kappa shape index (κ3) is 5.51. The average Bonchev–Trinajstić information content (AvgIpc) is 2.76. The molecule has 2 rings (SSSR count). The maximum absolute atomic E-state index is 12.5. The second-order valence-electron chi connectivity index (χ2n) is 6.07. The molecule has 2 N–H and O–H groups in total. The van der Waals surface area contributed by atoms with Gasteiger partial charge in [-0.15, -0.1) is 0 Å². The highest BCUT2D eigenvalue weighted by atomic mass is 16.6. The Labute approximate surface area is 174 Å². The van der Waals surface area contributed by atoms with Crippen LogP contribution in [0.2, 0.25) is 0 Å². The number of phenols is 1. The second-order valence-corrected chi connectivity index (χ2v) is 6.07. The Hall–Kier alpha value is -3.52. The molecule has 8 nitrogen and oxygen atoms in total. The first-order valence-corrected chi connectivity index (χ1v) is 9.13. The summed E-state index contributed by atoms with van der Waals surface area (Å²) in [5.74, 6) is -0.249. The van der Waals surface area contributed by atoms with Gasteiger partial charge in [-0.1, -0.05) is 18.2 Å². The van der Waals surface area contributed by atoms with Gasteiger partial charge in [-0.25, -0.2) is 4.79 Å². The van der Waals surface area contributed by atoms with Crippen molar-refractivity contribution < 1.29 is 38.7 Å². The van der Waals surface area contributed by atoms with Gasteiger partial charge >= 0.3 is 5.97 Å². The van der Waals surface area contributed by atoms with Crippen LogP contribution in [0, 0.1) is 0 Å². The van der Waals surface area contributed by atoms with Crippen molar-refractivity contribution in [2.45, 2.75) is 19.1 Å². The Kier molecular flexibility index (Phi) is 8.25. The van der Waals surface area contributed by atoms with Crippen molar-refractivity contribution in [1.82, 2.24) is 0 Å². The number of allylic oxidation sites excluding steroid dienone is 1. The lowest BCUT2D eigenvalue weighted by Gasteiger charge is -2.24. The minimum atomic E-state index is -1.42. The first-order chi connectivity index (χ1) is 14.4. The van der Waals surface area contributed by atoms with Gasteiger partial charge in [-0.05, 0) is 48.4 Å². The molecule has 0 unspecified atom stereocenters. The number of hydrogen-bond donors (Lipinski definition) is 2. The van der Waals surface area contributed by atoms with E-state index in [9.17, 15) is 19.8 Å². The van der Waals surface area contributed by atoms with Crippen LogP contribution in [0.5, 0.6) is 23.0 Å². The molecule has 2 aromatic rings. The summed E-state index contributed by atoms with van der Waals surface area (Å²) in [6.07, 6.45) is 0.733. The normalized spacial score (nSPS) is 12.8. The molecule has 2 atom stereocenters. The van der Waals surface area contributed by atoms with Crippen molar-refractivity contribution in [3.8, 4) is 23.0 Å². The Morgan fingerprint density at radius 3 is 2.43 bits per heavy atom. The van der Waals surface area contributed by atoms with E-state index in [1.807, 2.05) is 0 Å². The monoisotopic (exact) mass is 416 g/mol. The van der Waals surface area contributed by atoms with Crippen LogP contribution < -0.4 is 14.2 Å². The van der Waals surface area contributed by atoms with Crippen molar-refractivity contribution in [2.24, 2.45) is 0 Å². The van der Waals surface area contributed by atoms with Crippen molar-refractivity contribution in [2.75, 3.05) is 20.8 Å². The minimum Gasteiger partial charge on any atom is -0.504 e. The molecular weight excluding hydrogens is 392 g/mol. The summed E-state index contributed by atoms with van der Waals surface area (Å²) in [5.41, 5.74) is 0.968. The number of hydrogen-bond acceptors (Lipinski definition) is 8. The molecule has 8 heteroatoms. The predicted molar refractivity (Wildman–Crippen MR) is 109 cm³/mol. The lowest BCUT2D eigenvalue weighted by atomic mass is 10.0. The molecule has 0 aliphatic carbocycles. The number of aliphatic hydroxyl groups is 1. The Balaban J connectivity index is 2.39. The van der Waals surface area contributed by atoms with E-state index in [2.05, 4.69) is 0 Å². The van der Waals surface area contributed by atoms with Crippen LogP contribution in [0.3, 0.4) is 0 Å². The fraction of sp³-hybridized carbons (Fsp3) is 0.273. The third-order valence-corrected chi connectivity index (χ3v) is 4.16. The summed E-state index contributed by atoms with van der Waals surface area (Å²) < 4.78 is 21.2. The molecule has 0 aliphatic rings. The molecule has 0 aliphatic heterocycles. The molecule has 0 heterocycles. The lowest BCUT2D eigenvalue weighted by molar-refractivity contribution is -0.157. The number of aldehydes is 1. The summed E-state index contributed by atoms with van der Waals surface area (Å²) in [4.78, 5) is 23.0. The summed E-state index contributed by atoms with van der Waals surface area (Å²) >= 11 is 0. The molecule has 0 radical (unpaired) electrons. The Morgan fingerprint density at radius 2 is 1.80 bits per heavy atom. The molecule has 30 heavy (non-hydrogen) atoms. The van der Waals surface area contributed by atoms with Gasteiger partial charge in [0.1, 0.15) is 12.4 Å². The number of ether oxygens (including phenoxy) is 4. The molecule has 0 bridgehead atoms. The number of carbonyl (C=O) groups excluding carboxylic acids is 2. The summed E-state index contributed by atoms with van der Waals surface area (Å²) in [6, 6.07) is 9.03. The Bertz CT molecular complexity index is 906. The largest absolute Gasteiger partial charge is 0.504 e. The van der Waals surface area contributed by atoms with Gasteiger partial charge in [-0.3, -0.25) is 4.79 Å². The SMILES string of the molecule is CCOC(=O)[C@@H](Oc1ccc(/C=C/C=O)cc1OC)[C@@H](O)c1ccc(O)c(OC)c1. The van der Waals surface area contributed by atoms with Gasteiger partial charge in [0, 0.05) is 0 Å². The van der Waals surface area contributed by atoms with Crippen LogP contribution in [0.4, 0.5) is 0 Å². The fourth-order valence-corrected chi connectivity index (χ4v) is 2.69. The van der Waals surface area contributed by atoms with Crippen LogP contribution >= 0.6 is 0 Å². The van der Waals surface area contributed by atoms with E-state index in [-0.39, 0.29) is 29.4 Å². The van der Waals surface area contributed by atoms with Crippen LogP contribution in [-0.4, -0.2) is 49.4 Å². The van der Waals surface area contributed by atoms with Crippen LogP contribution in [-0.2, 0) is 14.3 Å². The third-order valence-electron chi connectivity index (χ3n) is 4.16. The highest BCUT2D eigenvalue weighted by molar-refractivity contribution is 5.77. The van der Waals surface area contributed by atoms with Gasteiger partial charge < -0.3 is 29.2 Å². The molecule has 2 aromatic carbocycles. The molecule has 0 saturated heterocycles. The zero-order valence-electron chi connectivity index (χ0n) is 16.9. The van der Waals surface area contributed by atoms with Gasteiger partial charge in [0.2, 0.25) is 6.10 Å². The zero-order valence-corrected chi connectivity index (χ0v) is 16.9. The molecule has 0 aromatic heterocycles. The van der Waals surface area contributed by atoms with Crippen molar-refractivity contribution in [3.05, 3.63) is 53.6 Å². The molecule has 160 valence electrons. The number of esters is 1. The van der Waals surface area contributed by atoms with Gasteiger partial charge in [0.25, 0.3) is 0 Å². The Morgan fingerprint density at radius 1 is 1.07 bits per heavy atom. The number of carbonyl (C=O) groups is 2. The second kappa shape index (κ2) is 10.9. The number of aromatic hydroxyl groups is 1. The fourth-order valence-electron chi connectivity index (χ4n) is 2.69. The summed E-state index contributed by atoms with van der Waals surface area (Å²) in [6.45, 7) is 1.73. The summed E-state index contributed by atoms with van der Waals surface area (Å²) in [5, 5.41) is 20.6. The van der Waals surface area contributed by atoms with E-state index in [1.165, 1.54) is 38.5 Å². The smallest absolute Gasteiger partial charge is 0.350 e. The maximum Gasteiger partial charge on any atom is 0.350 e. The van der Waals surface area contributed by atoms with Gasteiger partial charge in [0.15, 0.2) is 23.0 Å². The minimum absolute atomic E-state index is 0.0941. The van der Waals surface area contributed by atoms with E-state index in [0.29, 0.717) is 17.6 Å². The molecule has 0 amide bonds. The van der Waals surface area contributed by atoms with Crippen molar-refractivity contribution in [1.29, 1.82) is 0 Å². The number of aliphatic hydroxyl groups excluding tert-OH is 1. The number of benzene rings is 2. The molecule has 0 fully saturated rings. The van der Waals surface area contributed by atoms with Crippen LogP contribution in [0.1, 0.15) is 24.2 Å². The highest BCUT2D eigenvalue weighted by Crippen LogP contribution is 2.34. The van der Waals surface area contributed by atoms with E-state index < -0.39 is 18.2 Å². The van der Waals surface area contributed by atoms with E-state index in [4.69, 9.17) is 18.9 Å². The van der Waals surface area contributed by atoms with Crippen molar-refractivity contribution >= 4 is 18.3 Å². The maximum atomic E-state index is 12.5. The molecule has 0 spiro atoms. The first-order valence-electron chi connectivity index (χ1n) is 9.13. The van der Waals surface area contributed by atoms with E-state index >= 15 is 0 Å². The topological polar surface area (TPSA) is 112 Å². The molecule has 0 saturated carbocycles. The zero-order chi connectivity index (χ0) is 22.1. The lowest BCUT2D eigenvalue weighted by Crippen LogP contribution is -2.35. The first kappa shape index (κ1) is 22.8. The number of methoxy groups -OCH3 is 2. The van der Waals surface area contributed by atoms with Crippen molar-refractivity contribution in [3.63, 3.8) is 0 Å². The number of rotatable bonds is 10. The van der Waals surface area contributed by atoms with Crippen LogP contribution in [0.15, 0.2) is 42.5 Å². The van der Waals surface area contributed by atoms with Crippen LogP contribution in [0.25, 0.3) is 6.08 Å². The predicted octanol–water partition coefficient (Wildman–Crippen LogP) is 2.67. The quantitative estimate of drug-likeness (QED) is 0.345. The highest BCUT2D eigenvalue weighted by Gasteiger charge is 2.33. The molecular formula is C22H24O8. The average molecular weight is 416 g/mol.